The first-order valence-corrected chi connectivity index (χ1v) is 21.8. The van der Waals surface area contributed by atoms with E-state index in [0.29, 0.717) is 0 Å². The van der Waals surface area contributed by atoms with Crippen molar-refractivity contribution in [1.82, 2.24) is 4.57 Å². The molecule has 0 saturated heterocycles. The molecule has 3 nitrogen and oxygen atoms in total. The van der Waals surface area contributed by atoms with E-state index in [2.05, 4.69) is 234 Å². The van der Waals surface area contributed by atoms with Gasteiger partial charge in [-0.2, -0.15) is 0 Å². The molecule has 0 saturated carbocycles. The fourth-order valence-electron chi connectivity index (χ4n) is 7.91. The predicted octanol–water partition coefficient (Wildman–Crippen LogP) is 15.3. The van der Waals surface area contributed by atoms with Crippen LogP contribution < -0.4 is 0 Å². The van der Waals surface area contributed by atoms with Crippen molar-refractivity contribution in [3.8, 4) is 16.8 Å². The number of ether oxygens (including phenoxy) is 1. The Hall–Kier alpha value is -4.96. The van der Waals surface area contributed by atoms with Gasteiger partial charge in [0.15, 0.2) is 0 Å². The van der Waals surface area contributed by atoms with Crippen LogP contribution in [0.5, 0.6) is 0 Å². The molecular weight excluding hydrogens is 743 g/mol. The standard InChI is InChI=1S/C27H31N.C21H26.C8H10.C2H6O.H2O/c1-18-9-8-10-21(15-18)28-24-13-11-19(26(2,3)4)16-22(24)23-17-20(27(5,6)7)12-14-25(23)28;1-20(2,3)16-9-7-14-11-15-8-10-17(21(4,5)6)13-19(15)18(14)12-16;1-7-4-3-5-8(2)6-7;1-3-2;/h8-17H,1-7H3;7-10,12-13H,11H2,1-6H3;3-6H,1-2H3;1-2H3;1H2. The van der Waals surface area contributed by atoms with Crippen LogP contribution in [0.1, 0.15) is 133 Å². The first-order chi connectivity index (χ1) is 27.9. The molecule has 0 radical (unpaired) electrons. The van der Waals surface area contributed by atoms with E-state index in [0.717, 1.165) is 6.42 Å². The molecule has 0 unspecified atom stereocenters. The summed E-state index contributed by atoms with van der Waals surface area (Å²) >= 11 is 0. The van der Waals surface area contributed by atoms with Gasteiger partial charge in [-0.1, -0.05) is 179 Å². The molecule has 0 bridgehead atoms. The predicted molar refractivity (Wildman–Crippen MR) is 267 cm³/mol. The van der Waals surface area contributed by atoms with Crippen molar-refractivity contribution in [3.05, 3.63) is 171 Å². The Morgan fingerprint density at radius 3 is 1.07 bits per heavy atom. The summed E-state index contributed by atoms with van der Waals surface area (Å²) in [6.07, 6.45) is 1.08. The lowest BCUT2D eigenvalue weighted by Crippen LogP contribution is -2.11. The molecule has 3 heteroatoms. The van der Waals surface area contributed by atoms with Gasteiger partial charge < -0.3 is 14.8 Å². The molecule has 8 rings (SSSR count). The highest BCUT2D eigenvalue weighted by Gasteiger charge is 2.25. The Kier molecular flexibility index (Phi) is 15.1. The van der Waals surface area contributed by atoms with Gasteiger partial charge in [-0.3, -0.25) is 0 Å². The zero-order chi connectivity index (χ0) is 44.4. The molecule has 6 aromatic carbocycles. The molecule has 1 aliphatic carbocycles. The number of hydrogen-bond donors (Lipinski definition) is 0. The fraction of sp³-hybridized carbons (Fsp3) is 0.379. The maximum atomic E-state index is 4.25. The van der Waals surface area contributed by atoms with Gasteiger partial charge >= 0.3 is 0 Å². The summed E-state index contributed by atoms with van der Waals surface area (Å²) in [6.45, 7) is 33.8. The largest absolute Gasteiger partial charge is 0.412 e. The molecule has 1 aliphatic rings. The third kappa shape index (κ3) is 11.7. The number of rotatable bonds is 1. The van der Waals surface area contributed by atoms with Gasteiger partial charge in [0.25, 0.3) is 0 Å². The van der Waals surface area contributed by atoms with Gasteiger partial charge in [-0.05, 0) is 135 Å². The first-order valence-electron chi connectivity index (χ1n) is 21.8. The van der Waals surface area contributed by atoms with Gasteiger partial charge in [-0.25, -0.2) is 0 Å². The number of nitrogens with zero attached hydrogens (tertiary/aromatic N) is 1. The molecular formula is C58H75NO2. The smallest absolute Gasteiger partial charge is 0.0541 e. The Morgan fingerprint density at radius 1 is 0.410 bits per heavy atom. The summed E-state index contributed by atoms with van der Waals surface area (Å²) in [5, 5.41) is 2.69. The summed E-state index contributed by atoms with van der Waals surface area (Å²) in [5.74, 6) is 0. The first kappa shape index (κ1) is 48.7. The number of methoxy groups -OCH3 is 1. The van der Waals surface area contributed by atoms with Crippen molar-refractivity contribution in [1.29, 1.82) is 0 Å². The topological polar surface area (TPSA) is 45.7 Å². The molecule has 2 N–H and O–H groups in total. The second-order valence-corrected chi connectivity index (χ2v) is 21.1. The fourth-order valence-corrected chi connectivity index (χ4v) is 7.91. The second-order valence-electron chi connectivity index (χ2n) is 21.1. The molecule has 0 aliphatic heterocycles. The van der Waals surface area contributed by atoms with E-state index in [4.69, 9.17) is 0 Å². The minimum absolute atomic E-state index is 0. The SMILES string of the molecule is CC(C)(C)c1ccc2c(c1)-c1cc(C(C)(C)C)ccc1C2.COC.Cc1cccc(-n2c3ccc(C(C)(C)C)cc3c3cc(C(C)(C)C)ccc32)c1.Cc1cccc(C)c1.O. The van der Waals surface area contributed by atoms with E-state index in [1.165, 1.54) is 88.7 Å². The van der Waals surface area contributed by atoms with Crippen molar-refractivity contribution in [2.75, 3.05) is 14.2 Å². The normalized spacial score (nSPS) is 12.2. The Morgan fingerprint density at radius 2 is 0.738 bits per heavy atom. The average Bonchev–Trinajstić information content (AvgIpc) is 3.68. The van der Waals surface area contributed by atoms with Crippen LogP contribution >= 0.6 is 0 Å². The Bertz CT molecular complexity index is 2420. The summed E-state index contributed by atoms with van der Waals surface area (Å²) in [7, 11) is 3.25. The Labute approximate surface area is 369 Å². The van der Waals surface area contributed by atoms with Crippen LogP contribution in [0.2, 0.25) is 0 Å². The maximum absolute atomic E-state index is 4.25. The van der Waals surface area contributed by atoms with Crippen LogP contribution in [0.25, 0.3) is 38.6 Å². The van der Waals surface area contributed by atoms with Gasteiger partial charge in [-0.15, -0.1) is 0 Å². The lowest BCUT2D eigenvalue weighted by Gasteiger charge is -2.21. The number of aromatic nitrogens is 1. The summed E-state index contributed by atoms with van der Waals surface area (Å²) in [4.78, 5) is 0. The maximum Gasteiger partial charge on any atom is 0.0541 e. The molecule has 0 fully saturated rings. The summed E-state index contributed by atoms with van der Waals surface area (Å²) < 4.78 is 6.66. The number of fused-ring (bicyclic) bond motifs is 6. The molecule has 0 amide bonds. The van der Waals surface area contributed by atoms with Crippen LogP contribution in [0.4, 0.5) is 0 Å². The third-order valence-electron chi connectivity index (χ3n) is 11.6. The van der Waals surface area contributed by atoms with Crippen LogP contribution in [0, 0.1) is 20.8 Å². The van der Waals surface area contributed by atoms with Crippen LogP contribution in [0.3, 0.4) is 0 Å². The van der Waals surface area contributed by atoms with E-state index in [-0.39, 0.29) is 27.1 Å². The molecule has 61 heavy (non-hydrogen) atoms. The van der Waals surface area contributed by atoms with Crippen LogP contribution in [-0.2, 0) is 32.8 Å². The van der Waals surface area contributed by atoms with E-state index in [1.807, 2.05) is 0 Å². The monoisotopic (exact) mass is 818 g/mol. The van der Waals surface area contributed by atoms with Gasteiger partial charge in [0.1, 0.15) is 0 Å². The molecule has 324 valence electrons. The van der Waals surface area contributed by atoms with Crippen molar-refractivity contribution in [2.45, 2.75) is 132 Å². The quantitative estimate of drug-likeness (QED) is 0.163. The van der Waals surface area contributed by atoms with Crippen molar-refractivity contribution in [2.24, 2.45) is 0 Å². The Balaban J connectivity index is 0.000000218. The number of hydrogen-bond acceptors (Lipinski definition) is 1. The number of aryl methyl sites for hydroxylation is 3. The van der Waals surface area contributed by atoms with E-state index >= 15 is 0 Å². The molecule has 1 aromatic heterocycles. The lowest BCUT2D eigenvalue weighted by atomic mass is 9.83. The van der Waals surface area contributed by atoms with Gasteiger partial charge in [0, 0.05) is 30.7 Å². The van der Waals surface area contributed by atoms with E-state index < -0.39 is 0 Å². The zero-order valence-corrected chi connectivity index (χ0v) is 40.6. The average molecular weight is 818 g/mol. The summed E-state index contributed by atoms with van der Waals surface area (Å²) in [5.41, 5.74) is 19.9. The van der Waals surface area contributed by atoms with Gasteiger partial charge in [0.2, 0.25) is 0 Å². The van der Waals surface area contributed by atoms with Crippen LogP contribution in [-0.4, -0.2) is 24.3 Å². The third-order valence-corrected chi connectivity index (χ3v) is 11.6. The molecule has 0 spiro atoms. The van der Waals surface area contributed by atoms with Crippen molar-refractivity contribution in [3.63, 3.8) is 0 Å². The van der Waals surface area contributed by atoms with E-state index in [1.54, 1.807) is 14.2 Å². The second kappa shape index (κ2) is 19.0. The molecule has 7 aromatic rings. The highest BCUT2D eigenvalue weighted by molar-refractivity contribution is 6.10. The highest BCUT2D eigenvalue weighted by Crippen LogP contribution is 2.41. The lowest BCUT2D eigenvalue weighted by molar-refractivity contribution is 0.277. The van der Waals surface area contributed by atoms with Crippen molar-refractivity contribution < 1.29 is 10.2 Å². The van der Waals surface area contributed by atoms with Crippen LogP contribution in [0.15, 0.2) is 121 Å². The van der Waals surface area contributed by atoms with Gasteiger partial charge in [0.05, 0.1) is 11.0 Å². The minimum atomic E-state index is 0. The van der Waals surface area contributed by atoms with E-state index in [9.17, 15) is 0 Å². The minimum Gasteiger partial charge on any atom is -0.412 e. The molecule has 1 heterocycles. The zero-order valence-electron chi connectivity index (χ0n) is 40.6. The number of benzene rings is 6. The highest BCUT2D eigenvalue weighted by atomic mass is 16.4. The summed E-state index contributed by atoms with van der Waals surface area (Å²) in [6, 6.07) is 45.3. The van der Waals surface area contributed by atoms with Crippen molar-refractivity contribution >= 4 is 21.8 Å². The molecule has 0 atom stereocenters.